The van der Waals surface area contributed by atoms with Crippen molar-refractivity contribution in [3.63, 3.8) is 0 Å². The first-order valence-corrected chi connectivity index (χ1v) is 8.05. The molecule has 0 radical (unpaired) electrons. The molecule has 2 rings (SSSR count). The molecule has 1 fully saturated rings. The maximum atomic E-state index is 12.3. The molecule has 0 aromatic carbocycles. The number of aliphatic carboxylic acids is 1. The van der Waals surface area contributed by atoms with Gasteiger partial charge >= 0.3 is 5.97 Å². The molecule has 9 heteroatoms. The van der Waals surface area contributed by atoms with Crippen molar-refractivity contribution in [3.8, 4) is 0 Å². The zero-order chi connectivity index (χ0) is 14.3. The highest BCUT2D eigenvalue weighted by Crippen LogP contribution is 2.34. The van der Waals surface area contributed by atoms with Crippen molar-refractivity contribution in [3.05, 3.63) is 15.8 Å². The van der Waals surface area contributed by atoms with E-state index < -0.39 is 21.6 Å². The Hall–Kier alpha value is -0.670. The molecule has 2 heterocycles. The number of hydrogen-bond donors (Lipinski definition) is 1. The Bertz CT molecular complexity index is 599. The second-order valence-corrected chi connectivity index (χ2v) is 7.58. The molecule has 1 N–H and O–H groups in total. The Morgan fingerprint density at radius 2 is 2.32 bits per heavy atom. The second kappa shape index (κ2) is 5.02. The van der Waals surface area contributed by atoms with Crippen LogP contribution in [0.15, 0.2) is 16.3 Å². The van der Waals surface area contributed by atoms with Gasteiger partial charge in [-0.1, -0.05) is 11.6 Å². The maximum absolute atomic E-state index is 12.3. The lowest BCUT2D eigenvalue weighted by Gasteiger charge is -2.22. The summed E-state index contributed by atoms with van der Waals surface area (Å²) in [6, 6.07) is 1.41. The molecule has 1 aliphatic heterocycles. The fourth-order valence-electron chi connectivity index (χ4n) is 1.99. The van der Waals surface area contributed by atoms with Crippen LogP contribution in [0.25, 0.3) is 0 Å². The van der Waals surface area contributed by atoms with Crippen LogP contribution in [0.2, 0.25) is 4.34 Å². The number of thiophene rings is 1. The minimum absolute atomic E-state index is 0.0106. The Balaban J connectivity index is 2.31. The molecule has 1 atom stereocenters. The Morgan fingerprint density at radius 1 is 1.63 bits per heavy atom. The van der Waals surface area contributed by atoms with Gasteiger partial charge in [0.15, 0.2) is 5.60 Å². The number of halogens is 1. The van der Waals surface area contributed by atoms with Gasteiger partial charge in [0, 0.05) is 20.1 Å². The van der Waals surface area contributed by atoms with Gasteiger partial charge in [0.25, 0.3) is 0 Å². The van der Waals surface area contributed by atoms with E-state index >= 15 is 0 Å². The number of carbonyl (C=O) groups is 1. The molecule has 0 bridgehead atoms. The molecular weight excluding hydrogens is 314 g/mol. The average Bonchev–Trinajstić information content (AvgIpc) is 2.95. The molecule has 0 amide bonds. The van der Waals surface area contributed by atoms with E-state index in [9.17, 15) is 13.2 Å². The quantitative estimate of drug-likeness (QED) is 0.901. The van der Waals surface area contributed by atoms with Crippen molar-refractivity contribution in [2.45, 2.75) is 16.9 Å². The number of ether oxygens (including phenoxy) is 1. The molecule has 106 valence electrons. The molecule has 0 saturated carbocycles. The summed E-state index contributed by atoms with van der Waals surface area (Å²) in [6.45, 7) is -0.123. The first-order chi connectivity index (χ1) is 8.83. The van der Waals surface area contributed by atoms with Crippen LogP contribution in [0.5, 0.6) is 0 Å². The van der Waals surface area contributed by atoms with E-state index in [0.717, 1.165) is 15.6 Å². The molecule has 1 unspecified atom stereocenters. The molecule has 1 aliphatic rings. The van der Waals surface area contributed by atoms with E-state index in [0.29, 0.717) is 0 Å². The first kappa shape index (κ1) is 14.7. The Labute approximate surface area is 119 Å². The van der Waals surface area contributed by atoms with Gasteiger partial charge in [-0.25, -0.2) is 13.2 Å². The van der Waals surface area contributed by atoms with E-state index in [4.69, 9.17) is 21.4 Å². The van der Waals surface area contributed by atoms with Crippen molar-refractivity contribution in [1.29, 1.82) is 0 Å². The number of sulfonamides is 1. The molecule has 1 aromatic rings. The summed E-state index contributed by atoms with van der Waals surface area (Å²) in [5.74, 6) is -1.16. The van der Waals surface area contributed by atoms with Gasteiger partial charge in [0.05, 0.1) is 6.54 Å². The van der Waals surface area contributed by atoms with Crippen LogP contribution in [0.1, 0.15) is 6.42 Å². The highest BCUT2D eigenvalue weighted by molar-refractivity contribution is 7.89. The summed E-state index contributed by atoms with van der Waals surface area (Å²) in [7, 11) is -2.51. The normalized spacial score (nSPS) is 24.7. The van der Waals surface area contributed by atoms with Gasteiger partial charge in [-0.05, 0) is 11.4 Å². The van der Waals surface area contributed by atoms with Crippen molar-refractivity contribution in [2.24, 2.45) is 0 Å². The number of rotatable bonds is 4. The predicted octanol–water partition coefficient (Wildman–Crippen LogP) is 1.27. The first-order valence-electron chi connectivity index (χ1n) is 5.35. The minimum atomic E-state index is -3.77. The van der Waals surface area contributed by atoms with Gasteiger partial charge in [-0.2, -0.15) is 4.31 Å². The smallest absolute Gasteiger partial charge is 0.337 e. The van der Waals surface area contributed by atoms with E-state index in [-0.39, 0.29) is 28.7 Å². The van der Waals surface area contributed by atoms with Crippen molar-refractivity contribution in [1.82, 2.24) is 4.31 Å². The lowest BCUT2D eigenvalue weighted by Crippen LogP contribution is -2.44. The van der Waals surface area contributed by atoms with Crippen molar-refractivity contribution >= 4 is 38.9 Å². The summed E-state index contributed by atoms with van der Waals surface area (Å²) in [4.78, 5) is 11.2. The van der Waals surface area contributed by atoms with Gasteiger partial charge < -0.3 is 9.84 Å². The summed E-state index contributed by atoms with van der Waals surface area (Å²) in [5, 5.41) is 10.7. The highest BCUT2D eigenvalue weighted by atomic mass is 35.5. The number of carboxylic acid groups (broad SMARTS) is 1. The molecule has 1 saturated heterocycles. The Morgan fingerprint density at radius 3 is 2.74 bits per heavy atom. The summed E-state index contributed by atoms with van der Waals surface area (Å²) >= 11 is 6.95. The zero-order valence-corrected chi connectivity index (χ0v) is 12.4. The lowest BCUT2D eigenvalue weighted by molar-refractivity contribution is -0.160. The molecule has 1 aromatic heterocycles. The Kier molecular flexibility index (Phi) is 3.90. The van der Waals surface area contributed by atoms with Gasteiger partial charge in [-0.3, -0.25) is 0 Å². The summed E-state index contributed by atoms with van der Waals surface area (Å²) in [6.07, 6.45) is 0.111. The van der Waals surface area contributed by atoms with Crippen molar-refractivity contribution < 1.29 is 23.1 Å². The average molecular weight is 326 g/mol. The molecule has 19 heavy (non-hydrogen) atoms. The SMILES string of the molecule is COC1(C(=O)O)CCN(S(=O)(=O)c2ccsc2Cl)C1. The molecular formula is C10H12ClNO5S2. The third kappa shape index (κ3) is 2.38. The van der Waals surface area contributed by atoms with Gasteiger partial charge in [-0.15, -0.1) is 11.3 Å². The van der Waals surface area contributed by atoms with Crippen LogP contribution in [-0.4, -0.2) is 49.6 Å². The van der Waals surface area contributed by atoms with Crippen LogP contribution in [0.3, 0.4) is 0 Å². The van der Waals surface area contributed by atoms with Crippen molar-refractivity contribution in [2.75, 3.05) is 20.2 Å². The number of nitrogens with zero attached hydrogens (tertiary/aromatic N) is 1. The number of hydrogen-bond acceptors (Lipinski definition) is 5. The summed E-state index contributed by atoms with van der Waals surface area (Å²) < 4.78 is 30.9. The standard InChI is InChI=1S/C10H12ClNO5S2/c1-17-10(9(13)14)3-4-12(6-10)19(15,16)7-2-5-18-8(7)11/h2,5H,3-4,6H2,1H3,(H,13,14). The van der Waals surface area contributed by atoms with E-state index in [1.807, 2.05) is 0 Å². The van der Waals surface area contributed by atoms with Crippen LogP contribution in [0, 0.1) is 0 Å². The predicted molar refractivity (Wildman–Crippen MR) is 70.1 cm³/mol. The summed E-state index contributed by atoms with van der Waals surface area (Å²) in [5.41, 5.74) is -1.48. The van der Waals surface area contributed by atoms with Crippen LogP contribution in [-0.2, 0) is 19.6 Å². The molecule has 0 spiro atoms. The molecule has 0 aliphatic carbocycles. The monoisotopic (exact) mass is 325 g/mol. The lowest BCUT2D eigenvalue weighted by atomic mass is 10.0. The van der Waals surface area contributed by atoms with Gasteiger partial charge in [0.2, 0.25) is 10.0 Å². The fraction of sp³-hybridized carbons (Fsp3) is 0.500. The topological polar surface area (TPSA) is 83.9 Å². The highest BCUT2D eigenvalue weighted by Gasteiger charge is 2.49. The number of carboxylic acids is 1. The van der Waals surface area contributed by atoms with Gasteiger partial charge in [0.1, 0.15) is 9.23 Å². The minimum Gasteiger partial charge on any atom is -0.479 e. The zero-order valence-electron chi connectivity index (χ0n) is 10.00. The van der Waals surface area contributed by atoms with E-state index in [1.165, 1.54) is 13.2 Å². The maximum Gasteiger partial charge on any atom is 0.337 e. The van der Waals surface area contributed by atoms with Crippen LogP contribution in [0.4, 0.5) is 0 Å². The van der Waals surface area contributed by atoms with E-state index in [2.05, 4.69) is 0 Å². The molecule has 6 nitrogen and oxygen atoms in total. The third-order valence-corrected chi connectivity index (χ3v) is 6.48. The van der Waals surface area contributed by atoms with Crippen LogP contribution >= 0.6 is 22.9 Å². The fourth-order valence-corrected chi connectivity index (χ4v) is 4.98. The third-order valence-electron chi connectivity index (χ3n) is 3.18. The van der Waals surface area contributed by atoms with Crippen LogP contribution < -0.4 is 0 Å². The number of methoxy groups -OCH3 is 1. The largest absolute Gasteiger partial charge is 0.479 e. The van der Waals surface area contributed by atoms with E-state index in [1.54, 1.807) is 5.38 Å². The second-order valence-electron chi connectivity index (χ2n) is 4.15.